The molecule has 0 bridgehead atoms. The molecule has 3 N–H and O–H groups in total. The van der Waals surface area contributed by atoms with Crippen LogP contribution in [0.5, 0.6) is 5.75 Å². The van der Waals surface area contributed by atoms with Gasteiger partial charge in [0.2, 0.25) is 5.43 Å². The molecule has 3 fully saturated rings. The van der Waals surface area contributed by atoms with E-state index in [1.54, 1.807) is 9.47 Å². The summed E-state index contributed by atoms with van der Waals surface area (Å²) >= 11 is 0. The maximum atomic E-state index is 15.0. The maximum Gasteiger partial charge on any atom is 0.341 e. The van der Waals surface area contributed by atoms with Gasteiger partial charge in [0.25, 0.3) is 0 Å². The lowest BCUT2D eigenvalue weighted by atomic mass is 9.94. The van der Waals surface area contributed by atoms with E-state index in [2.05, 4.69) is 0 Å². The van der Waals surface area contributed by atoms with Gasteiger partial charge in [0, 0.05) is 37.9 Å². The summed E-state index contributed by atoms with van der Waals surface area (Å²) in [5, 5.41) is 29.9. The van der Waals surface area contributed by atoms with Crippen molar-refractivity contribution in [2.75, 3.05) is 24.6 Å². The van der Waals surface area contributed by atoms with E-state index < -0.39 is 22.8 Å². The molecule has 1 atom stereocenters. The monoisotopic (exact) mass is 388 g/mol. The number of pyridine rings is 1. The van der Waals surface area contributed by atoms with Gasteiger partial charge in [-0.15, -0.1) is 0 Å². The first-order valence-electron chi connectivity index (χ1n) is 9.56. The molecule has 5 rings (SSSR count). The maximum absolute atomic E-state index is 15.0. The molecule has 0 amide bonds. The number of phenols is 1. The molecule has 2 saturated carbocycles. The molecule has 2 aromatic rings. The Bertz CT molecular complexity index is 1070. The summed E-state index contributed by atoms with van der Waals surface area (Å²) in [6, 6.07) is 1.04. The molecule has 1 unspecified atom stereocenters. The Morgan fingerprint density at radius 1 is 1.32 bits per heavy atom. The number of carboxylic acids is 1. The van der Waals surface area contributed by atoms with Crippen molar-refractivity contribution in [2.24, 2.45) is 11.3 Å². The normalized spacial score (nSPS) is 22.9. The van der Waals surface area contributed by atoms with E-state index >= 15 is 4.39 Å². The average molecular weight is 388 g/mol. The van der Waals surface area contributed by atoms with E-state index in [1.807, 2.05) is 0 Å². The topological polar surface area (TPSA) is 103 Å². The van der Waals surface area contributed by atoms with Gasteiger partial charge in [-0.2, -0.15) is 0 Å². The van der Waals surface area contributed by atoms with Crippen molar-refractivity contribution in [1.82, 2.24) is 4.57 Å². The van der Waals surface area contributed by atoms with E-state index in [4.69, 9.17) is 0 Å². The highest BCUT2D eigenvalue weighted by Gasteiger charge is 2.55. The van der Waals surface area contributed by atoms with Crippen molar-refractivity contribution in [3.63, 3.8) is 0 Å². The molecule has 2 heterocycles. The van der Waals surface area contributed by atoms with Gasteiger partial charge in [0.1, 0.15) is 11.3 Å². The second-order valence-corrected chi connectivity index (χ2v) is 8.39. The number of nitrogens with zero attached hydrogens (tertiary/aromatic N) is 2. The van der Waals surface area contributed by atoms with Crippen molar-refractivity contribution < 1.29 is 24.5 Å². The third-order valence-electron chi connectivity index (χ3n) is 6.63. The van der Waals surface area contributed by atoms with E-state index in [9.17, 15) is 24.9 Å². The number of aliphatic hydroxyl groups is 1. The van der Waals surface area contributed by atoms with Gasteiger partial charge in [0.15, 0.2) is 11.6 Å². The average Bonchev–Trinajstić information content (AvgIpc) is 3.54. The number of hydrogen-bond acceptors (Lipinski definition) is 5. The number of fused-ring (bicyclic) bond motifs is 1. The van der Waals surface area contributed by atoms with Crippen LogP contribution >= 0.6 is 0 Å². The molecule has 1 aliphatic heterocycles. The van der Waals surface area contributed by atoms with Crippen LogP contribution in [0, 0.1) is 17.2 Å². The molecule has 3 aliphatic rings. The largest absolute Gasteiger partial charge is 0.504 e. The first kappa shape index (κ1) is 17.5. The fourth-order valence-electron chi connectivity index (χ4n) is 4.73. The molecule has 1 spiro atoms. The number of aromatic nitrogens is 1. The van der Waals surface area contributed by atoms with E-state index in [0.29, 0.717) is 13.1 Å². The smallest absolute Gasteiger partial charge is 0.341 e. The van der Waals surface area contributed by atoms with Crippen molar-refractivity contribution >= 4 is 22.6 Å². The van der Waals surface area contributed by atoms with Gasteiger partial charge in [0.05, 0.1) is 10.9 Å². The molecule has 1 aromatic carbocycles. The van der Waals surface area contributed by atoms with Gasteiger partial charge in [-0.1, -0.05) is 0 Å². The highest BCUT2D eigenvalue weighted by atomic mass is 19.1. The molecule has 1 aromatic heterocycles. The third-order valence-corrected chi connectivity index (χ3v) is 6.63. The standard InChI is InChI=1S/C20H21FN2O5/c21-14-5-12-15(23(11-1-2-11)7-13(17(12)25)19(27)28)18(26)16(14)22-6-10(8-24)20(9-22)3-4-20/h5,7,10-11,24,26H,1-4,6,8-9H2,(H,27,28). The summed E-state index contributed by atoms with van der Waals surface area (Å²) in [6.07, 6.45) is 4.82. The van der Waals surface area contributed by atoms with Crippen LogP contribution in [0.25, 0.3) is 10.9 Å². The molecular weight excluding hydrogens is 367 g/mol. The summed E-state index contributed by atoms with van der Waals surface area (Å²) in [5.41, 5.74) is -1.03. The SMILES string of the molecule is O=C(O)c1cn(C2CC2)c2c(O)c(N3CC(CO)C4(CC4)C3)c(F)cc2c1=O. The number of carbonyl (C=O) groups is 1. The number of hydrogen-bond donors (Lipinski definition) is 3. The molecule has 2 aliphatic carbocycles. The number of halogens is 1. The zero-order valence-electron chi connectivity index (χ0n) is 15.2. The summed E-state index contributed by atoms with van der Waals surface area (Å²) < 4.78 is 16.6. The van der Waals surface area contributed by atoms with Crippen molar-refractivity contribution in [1.29, 1.82) is 0 Å². The van der Waals surface area contributed by atoms with Gasteiger partial charge < -0.3 is 24.8 Å². The number of aromatic hydroxyl groups is 1. The molecule has 148 valence electrons. The van der Waals surface area contributed by atoms with Gasteiger partial charge in [-0.05, 0) is 37.2 Å². The van der Waals surface area contributed by atoms with Crippen LogP contribution in [-0.4, -0.2) is 45.6 Å². The minimum absolute atomic E-state index is 0.0102. The van der Waals surface area contributed by atoms with Crippen molar-refractivity contribution in [3.05, 3.63) is 33.9 Å². The third kappa shape index (κ3) is 2.37. The Kier molecular flexibility index (Phi) is 3.56. The Labute approximate surface area is 159 Å². The molecule has 28 heavy (non-hydrogen) atoms. The van der Waals surface area contributed by atoms with Gasteiger partial charge in [-0.25, -0.2) is 9.18 Å². The quantitative estimate of drug-likeness (QED) is 0.741. The second-order valence-electron chi connectivity index (χ2n) is 8.39. The summed E-state index contributed by atoms with van der Waals surface area (Å²) in [6.45, 7) is 1.00. The number of aromatic carboxylic acids is 1. The van der Waals surface area contributed by atoms with Crippen LogP contribution in [0.15, 0.2) is 17.1 Å². The van der Waals surface area contributed by atoms with Crippen LogP contribution in [0.2, 0.25) is 0 Å². The molecule has 8 heteroatoms. The number of aliphatic hydroxyl groups excluding tert-OH is 1. The van der Waals surface area contributed by atoms with Crippen LogP contribution < -0.4 is 10.3 Å². The number of rotatable bonds is 4. The minimum atomic E-state index is -1.37. The van der Waals surface area contributed by atoms with Gasteiger partial charge >= 0.3 is 5.97 Å². The summed E-state index contributed by atoms with van der Waals surface area (Å²) in [7, 11) is 0. The fraction of sp³-hybridized carbons (Fsp3) is 0.500. The highest BCUT2D eigenvalue weighted by Crippen LogP contribution is 2.57. The lowest BCUT2D eigenvalue weighted by Gasteiger charge is -2.23. The first-order valence-corrected chi connectivity index (χ1v) is 9.56. The predicted octanol–water partition coefficient (Wildman–Crippen LogP) is 2.09. The van der Waals surface area contributed by atoms with E-state index in [1.165, 1.54) is 6.20 Å². The van der Waals surface area contributed by atoms with Crippen LogP contribution in [0.4, 0.5) is 10.1 Å². The molecule has 7 nitrogen and oxygen atoms in total. The van der Waals surface area contributed by atoms with E-state index in [0.717, 1.165) is 31.7 Å². The first-order chi connectivity index (χ1) is 13.4. The van der Waals surface area contributed by atoms with Crippen LogP contribution in [-0.2, 0) is 0 Å². The summed E-state index contributed by atoms with van der Waals surface area (Å²) in [5.74, 6) is -2.42. The Hall–Kier alpha value is -2.61. The Morgan fingerprint density at radius 3 is 2.57 bits per heavy atom. The van der Waals surface area contributed by atoms with Crippen LogP contribution in [0.3, 0.4) is 0 Å². The van der Waals surface area contributed by atoms with Gasteiger partial charge in [-0.3, -0.25) is 4.79 Å². The van der Waals surface area contributed by atoms with Crippen molar-refractivity contribution in [2.45, 2.75) is 31.7 Å². The predicted molar refractivity (Wildman–Crippen MR) is 99.5 cm³/mol. The number of phenolic OH excluding ortho intramolecular Hbond substituents is 1. The van der Waals surface area contributed by atoms with E-state index in [-0.39, 0.29) is 46.3 Å². The molecular formula is C20H21FN2O5. The number of benzene rings is 1. The van der Waals surface area contributed by atoms with Crippen molar-refractivity contribution in [3.8, 4) is 5.75 Å². The zero-order valence-corrected chi connectivity index (χ0v) is 15.2. The lowest BCUT2D eigenvalue weighted by molar-refractivity contribution is 0.0694. The van der Waals surface area contributed by atoms with Crippen LogP contribution in [0.1, 0.15) is 42.1 Å². The lowest BCUT2D eigenvalue weighted by Crippen LogP contribution is -2.24. The Balaban J connectivity index is 1.72. The highest BCUT2D eigenvalue weighted by molar-refractivity contribution is 5.97. The molecule has 0 radical (unpaired) electrons. The number of carboxylic acid groups (broad SMARTS) is 1. The second kappa shape index (κ2) is 5.70. The zero-order chi connectivity index (χ0) is 19.8. The minimum Gasteiger partial charge on any atom is -0.504 e. The Morgan fingerprint density at radius 2 is 2.04 bits per heavy atom. The fourth-order valence-corrected chi connectivity index (χ4v) is 4.73. The molecule has 1 saturated heterocycles. The summed E-state index contributed by atoms with van der Waals surface area (Å²) in [4.78, 5) is 25.8. The number of anilines is 1.